The van der Waals surface area contributed by atoms with Gasteiger partial charge in [0.05, 0.1) is 0 Å². The summed E-state index contributed by atoms with van der Waals surface area (Å²) in [7, 11) is 0. The van der Waals surface area contributed by atoms with Crippen LogP contribution in [0.4, 0.5) is 0 Å². The molecule has 1 aromatic carbocycles. The van der Waals surface area contributed by atoms with Gasteiger partial charge in [0.1, 0.15) is 0 Å². The molecule has 0 saturated carbocycles. The third-order valence-corrected chi connectivity index (χ3v) is 3.32. The van der Waals surface area contributed by atoms with Gasteiger partial charge < -0.3 is 0 Å². The van der Waals surface area contributed by atoms with Crippen molar-refractivity contribution >= 4 is 34.6 Å². The predicted molar refractivity (Wildman–Crippen MR) is 73.0 cm³/mol. The van der Waals surface area contributed by atoms with E-state index in [1.54, 1.807) is 6.92 Å². The minimum absolute atomic E-state index is 0.169. The number of carbonyl (C=O) groups excluding carboxylic acids is 1. The van der Waals surface area contributed by atoms with Crippen molar-refractivity contribution in [2.75, 3.05) is 5.75 Å². The summed E-state index contributed by atoms with van der Waals surface area (Å²) >= 11 is 7.43. The van der Waals surface area contributed by atoms with Crippen molar-refractivity contribution in [2.45, 2.75) is 20.3 Å². The van der Waals surface area contributed by atoms with Crippen molar-refractivity contribution < 1.29 is 4.79 Å². The lowest BCUT2D eigenvalue weighted by atomic mass is 10.1. The molecule has 1 aromatic rings. The summed E-state index contributed by atoms with van der Waals surface area (Å²) in [5, 5.41) is 0.942. The topological polar surface area (TPSA) is 17.1 Å². The van der Waals surface area contributed by atoms with Gasteiger partial charge in [-0.25, -0.2) is 0 Å². The van der Waals surface area contributed by atoms with Crippen molar-refractivity contribution in [2.24, 2.45) is 0 Å². The van der Waals surface area contributed by atoms with Crippen molar-refractivity contribution in [3.63, 3.8) is 0 Å². The highest BCUT2D eigenvalue weighted by molar-refractivity contribution is 8.13. The van der Waals surface area contributed by atoms with E-state index in [4.69, 9.17) is 11.6 Å². The number of halogens is 1. The number of carbonyl (C=O) groups is 1. The first-order valence-electron chi connectivity index (χ1n) is 5.16. The lowest BCUT2D eigenvalue weighted by molar-refractivity contribution is -0.109. The molecule has 0 saturated heterocycles. The SMILES string of the molecule is CC(=O)SCCC=Cc1c(C)cccc1Cl. The maximum absolute atomic E-state index is 10.7. The molecule has 3 heteroatoms. The number of hydrogen-bond acceptors (Lipinski definition) is 2. The quantitative estimate of drug-likeness (QED) is 0.744. The van der Waals surface area contributed by atoms with Crippen molar-refractivity contribution in [1.82, 2.24) is 0 Å². The molecule has 0 aliphatic rings. The molecule has 0 unspecified atom stereocenters. The zero-order chi connectivity index (χ0) is 12.0. The van der Waals surface area contributed by atoms with E-state index in [0.29, 0.717) is 0 Å². The lowest BCUT2D eigenvalue weighted by Crippen LogP contribution is -1.84. The smallest absolute Gasteiger partial charge is 0.185 e. The molecular formula is C13H15ClOS. The number of aryl methyl sites for hydroxylation is 1. The molecule has 1 nitrogen and oxygen atoms in total. The van der Waals surface area contributed by atoms with Gasteiger partial charge in [-0.05, 0) is 30.5 Å². The van der Waals surface area contributed by atoms with Crippen LogP contribution < -0.4 is 0 Å². The Balaban J connectivity index is 2.53. The molecule has 0 heterocycles. The minimum Gasteiger partial charge on any atom is -0.288 e. The molecule has 0 fully saturated rings. The lowest BCUT2D eigenvalue weighted by Gasteiger charge is -2.02. The Labute approximate surface area is 106 Å². The average Bonchev–Trinajstić information content (AvgIpc) is 2.21. The Bertz CT molecular complexity index is 379. The van der Waals surface area contributed by atoms with E-state index in [-0.39, 0.29) is 5.12 Å². The second-order valence-corrected chi connectivity index (χ2v) is 5.18. The maximum atomic E-state index is 10.7. The fraction of sp³-hybridized carbons (Fsp3) is 0.308. The van der Waals surface area contributed by atoms with E-state index in [1.807, 2.05) is 31.2 Å². The number of benzene rings is 1. The van der Waals surface area contributed by atoms with E-state index in [2.05, 4.69) is 6.08 Å². The van der Waals surface area contributed by atoms with Gasteiger partial charge in [-0.1, -0.05) is 47.6 Å². The monoisotopic (exact) mass is 254 g/mol. The van der Waals surface area contributed by atoms with Crippen LogP contribution in [0.5, 0.6) is 0 Å². The van der Waals surface area contributed by atoms with Crippen LogP contribution in [0.2, 0.25) is 5.02 Å². The van der Waals surface area contributed by atoms with E-state index < -0.39 is 0 Å². The van der Waals surface area contributed by atoms with Crippen molar-refractivity contribution in [1.29, 1.82) is 0 Å². The standard InChI is InChI=1S/C13H15ClOS/c1-10-6-5-8-13(14)12(10)7-3-4-9-16-11(2)15/h3,5-8H,4,9H2,1-2H3. The summed E-state index contributed by atoms with van der Waals surface area (Å²) in [6.45, 7) is 3.63. The molecule has 0 N–H and O–H groups in total. The van der Waals surface area contributed by atoms with Crippen LogP contribution in [0, 0.1) is 6.92 Å². The van der Waals surface area contributed by atoms with Gasteiger partial charge in [-0.3, -0.25) is 4.79 Å². The van der Waals surface area contributed by atoms with E-state index in [9.17, 15) is 4.79 Å². The third-order valence-electron chi connectivity index (χ3n) is 2.15. The average molecular weight is 255 g/mol. The number of hydrogen-bond donors (Lipinski definition) is 0. The fourth-order valence-corrected chi connectivity index (χ4v) is 2.15. The van der Waals surface area contributed by atoms with E-state index in [1.165, 1.54) is 17.3 Å². The van der Waals surface area contributed by atoms with Crippen LogP contribution in [0.15, 0.2) is 24.3 Å². The molecule has 0 bridgehead atoms. The second-order valence-electron chi connectivity index (χ2n) is 3.50. The van der Waals surface area contributed by atoms with Gasteiger partial charge in [0.25, 0.3) is 0 Å². The molecule has 0 atom stereocenters. The predicted octanol–water partition coefficient (Wildman–Crippen LogP) is 4.33. The van der Waals surface area contributed by atoms with Crippen LogP contribution in [0.25, 0.3) is 6.08 Å². The summed E-state index contributed by atoms with van der Waals surface area (Å²) < 4.78 is 0. The molecule has 0 spiro atoms. The normalized spacial score (nSPS) is 10.9. The van der Waals surface area contributed by atoms with Crippen molar-refractivity contribution in [3.8, 4) is 0 Å². The third kappa shape index (κ3) is 4.42. The number of allylic oxidation sites excluding steroid dienone is 1. The summed E-state index contributed by atoms with van der Waals surface area (Å²) in [6.07, 6.45) is 4.97. The van der Waals surface area contributed by atoms with Crippen LogP contribution in [0.3, 0.4) is 0 Å². The Kier molecular flexibility index (Phi) is 5.64. The first-order valence-corrected chi connectivity index (χ1v) is 6.52. The highest BCUT2D eigenvalue weighted by atomic mass is 35.5. The summed E-state index contributed by atoms with van der Waals surface area (Å²) in [5.74, 6) is 0.829. The molecule has 0 aromatic heterocycles. The van der Waals surface area contributed by atoms with Gasteiger partial charge in [-0.2, -0.15) is 0 Å². The van der Waals surface area contributed by atoms with E-state index >= 15 is 0 Å². The van der Waals surface area contributed by atoms with Gasteiger partial charge in [0, 0.05) is 17.7 Å². The molecule has 0 aliphatic carbocycles. The molecule has 0 aliphatic heterocycles. The Hall–Kier alpha value is -0.730. The molecule has 1 rings (SSSR count). The minimum atomic E-state index is 0.169. The molecule has 0 amide bonds. The zero-order valence-electron chi connectivity index (χ0n) is 9.50. The number of thioether (sulfide) groups is 1. The van der Waals surface area contributed by atoms with Crippen LogP contribution in [0.1, 0.15) is 24.5 Å². The highest BCUT2D eigenvalue weighted by Crippen LogP contribution is 2.21. The summed E-state index contributed by atoms with van der Waals surface area (Å²) in [4.78, 5) is 10.7. The van der Waals surface area contributed by atoms with Crippen LogP contribution >= 0.6 is 23.4 Å². The molecule has 86 valence electrons. The summed E-state index contributed by atoms with van der Waals surface area (Å²) in [5.41, 5.74) is 2.24. The first-order chi connectivity index (χ1) is 7.61. The van der Waals surface area contributed by atoms with Gasteiger partial charge in [0.15, 0.2) is 5.12 Å². The van der Waals surface area contributed by atoms with Crippen LogP contribution in [-0.2, 0) is 4.79 Å². The molecule has 16 heavy (non-hydrogen) atoms. The maximum Gasteiger partial charge on any atom is 0.185 e. The highest BCUT2D eigenvalue weighted by Gasteiger charge is 1.98. The van der Waals surface area contributed by atoms with Crippen LogP contribution in [-0.4, -0.2) is 10.9 Å². The molecule has 0 radical (unpaired) electrons. The van der Waals surface area contributed by atoms with Crippen molar-refractivity contribution in [3.05, 3.63) is 40.4 Å². The Morgan fingerprint density at radius 3 is 2.88 bits per heavy atom. The Morgan fingerprint density at radius 2 is 2.25 bits per heavy atom. The zero-order valence-corrected chi connectivity index (χ0v) is 11.1. The van der Waals surface area contributed by atoms with Gasteiger partial charge >= 0.3 is 0 Å². The molecular weight excluding hydrogens is 240 g/mol. The van der Waals surface area contributed by atoms with Gasteiger partial charge in [-0.15, -0.1) is 0 Å². The number of rotatable bonds is 4. The van der Waals surface area contributed by atoms with E-state index in [0.717, 1.165) is 22.8 Å². The largest absolute Gasteiger partial charge is 0.288 e. The first kappa shape index (κ1) is 13.3. The fourth-order valence-electron chi connectivity index (χ4n) is 1.33. The second kappa shape index (κ2) is 6.77. The Morgan fingerprint density at radius 1 is 1.50 bits per heavy atom. The summed E-state index contributed by atoms with van der Waals surface area (Å²) in [6, 6.07) is 5.87. The van der Waals surface area contributed by atoms with Gasteiger partial charge in [0.2, 0.25) is 0 Å².